The van der Waals surface area contributed by atoms with Gasteiger partial charge in [0.2, 0.25) is 5.30 Å². The van der Waals surface area contributed by atoms with Crippen molar-refractivity contribution in [1.29, 1.82) is 0 Å². The van der Waals surface area contributed by atoms with Crippen LogP contribution in [-0.2, 0) is 4.57 Å². The van der Waals surface area contributed by atoms with Crippen molar-refractivity contribution < 1.29 is 4.57 Å². The summed E-state index contributed by atoms with van der Waals surface area (Å²) in [5.74, 6) is 0. The highest BCUT2D eigenvalue weighted by atomic mass is 31.1. The maximum Gasteiger partial charge on any atom is 0.417 e. The molecular weight excluding hydrogens is 349 g/mol. The topological polar surface area (TPSA) is 22.0 Å². The standard InChI is InChI=1S/C24H17NOP/c26-27(18-10-2-1-3-11-18)24-17-9-8-16-23(24)25-21-14-6-4-12-19(21)20-13-5-7-15-22(20)25/h1-17H/q+1. The maximum absolute atomic E-state index is 13.4. The van der Waals surface area contributed by atoms with Crippen LogP contribution >= 0.6 is 7.80 Å². The molecule has 27 heavy (non-hydrogen) atoms. The molecule has 0 fully saturated rings. The van der Waals surface area contributed by atoms with Gasteiger partial charge in [-0.2, -0.15) is 0 Å². The molecule has 1 heterocycles. The van der Waals surface area contributed by atoms with E-state index in [2.05, 4.69) is 59.2 Å². The van der Waals surface area contributed by atoms with Crippen molar-refractivity contribution in [2.24, 2.45) is 0 Å². The van der Waals surface area contributed by atoms with E-state index in [1.54, 1.807) is 0 Å². The van der Waals surface area contributed by atoms with Gasteiger partial charge in [-0.3, -0.25) is 0 Å². The van der Waals surface area contributed by atoms with Crippen LogP contribution in [0.15, 0.2) is 103 Å². The lowest BCUT2D eigenvalue weighted by Crippen LogP contribution is -2.13. The molecule has 0 bridgehead atoms. The van der Waals surface area contributed by atoms with Gasteiger partial charge in [-0.05, 0) is 36.4 Å². The molecule has 1 aromatic heterocycles. The van der Waals surface area contributed by atoms with Gasteiger partial charge in [-0.15, -0.1) is 0 Å². The van der Waals surface area contributed by atoms with Crippen molar-refractivity contribution in [3.8, 4) is 5.69 Å². The summed E-state index contributed by atoms with van der Waals surface area (Å²) in [5.41, 5.74) is 3.23. The predicted octanol–water partition coefficient (Wildman–Crippen LogP) is 5.56. The highest BCUT2D eigenvalue weighted by Crippen LogP contribution is 2.33. The Morgan fingerprint density at radius 1 is 0.556 bits per heavy atom. The smallest absolute Gasteiger partial charge is 0.305 e. The van der Waals surface area contributed by atoms with E-state index in [0.717, 1.165) is 27.3 Å². The van der Waals surface area contributed by atoms with Gasteiger partial charge in [0.25, 0.3) is 0 Å². The Labute approximate surface area is 158 Å². The van der Waals surface area contributed by atoms with Gasteiger partial charge in [-0.1, -0.05) is 71.3 Å². The molecule has 0 amide bonds. The largest absolute Gasteiger partial charge is 0.417 e. The Bertz CT molecular complexity index is 1230. The second-order valence-corrected chi connectivity index (χ2v) is 8.08. The van der Waals surface area contributed by atoms with Crippen molar-refractivity contribution in [3.63, 3.8) is 0 Å². The van der Waals surface area contributed by atoms with Gasteiger partial charge in [0.15, 0.2) is 5.30 Å². The Kier molecular flexibility index (Phi) is 3.85. The first kappa shape index (κ1) is 16.0. The first-order valence-corrected chi connectivity index (χ1v) is 10.2. The fourth-order valence-electron chi connectivity index (χ4n) is 3.71. The Balaban J connectivity index is 1.83. The molecule has 3 heteroatoms. The van der Waals surface area contributed by atoms with E-state index < -0.39 is 7.80 Å². The van der Waals surface area contributed by atoms with E-state index in [-0.39, 0.29) is 0 Å². The molecule has 0 aliphatic rings. The Hall–Kier alpha value is -3.22. The molecule has 0 saturated carbocycles. The third-order valence-electron chi connectivity index (χ3n) is 4.91. The number of aromatic nitrogens is 1. The number of benzene rings is 4. The van der Waals surface area contributed by atoms with Gasteiger partial charge in [0, 0.05) is 10.8 Å². The summed E-state index contributed by atoms with van der Waals surface area (Å²) < 4.78 is 15.6. The van der Waals surface area contributed by atoms with Crippen LogP contribution in [0.25, 0.3) is 27.5 Å². The minimum atomic E-state index is -1.68. The lowest BCUT2D eigenvalue weighted by atomic mass is 10.2. The summed E-state index contributed by atoms with van der Waals surface area (Å²) in [6.07, 6.45) is 0. The van der Waals surface area contributed by atoms with Crippen LogP contribution in [0.2, 0.25) is 0 Å². The molecule has 0 N–H and O–H groups in total. The minimum Gasteiger partial charge on any atom is -0.305 e. The summed E-state index contributed by atoms with van der Waals surface area (Å²) in [4.78, 5) is 0. The highest BCUT2D eigenvalue weighted by molar-refractivity contribution is 7.61. The summed E-state index contributed by atoms with van der Waals surface area (Å²) in [6, 6.07) is 34.5. The second kappa shape index (κ2) is 6.50. The minimum absolute atomic E-state index is 0.848. The summed E-state index contributed by atoms with van der Waals surface area (Å²) in [6.45, 7) is 0. The summed E-state index contributed by atoms with van der Waals surface area (Å²) in [7, 11) is -1.68. The SMILES string of the molecule is O=[P+](c1ccccc1)c1ccccc1-n1c2ccccc2c2ccccc21. The normalized spacial score (nSPS) is 11.8. The molecule has 5 aromatic rings. The van der Waals surface area contributed by atoms with Crippen LogP contribution < -0.4 is 10.6 Å². The third kappa shape index (κ3) is 2.58. The van der Waals surface area contributed by atoms with Gasteiger partial charge < -0.3 is 4.57 Å². The van der Waals surface area contributed by atoms with Crippen LogP contribution in [0, 0.1) is 0 Å². The lowest BCUT2D eigenvalue weighted by Gasteiger charge is -2.08. The average molecular weight is 366 g/mol. The van der Waals surface area contributed by atoms with E-state index in [1.165, 1.54) is 10.8 Å². The molecule has 0 aliphatic carbocycles. The highest BCUT2D eigenvalue weighted by Gasteiger charge is 2.28. The zero-order chi connectivity index (χ0) is 18.2. The third-order valence-corrected chi connectivity index (χ3v) is 6.50. The average Bonchev–Trinajstić information content (AvgIpc) is 3.08. The number of hydrogen-bond donors (Lipinski definition) is 0. The molecular formula is C24H17NOP+. The van der Waals surface area contributed by atoms with Crippen LogP contribution in [0.3, 0.4) is 0 Å². The second-order valence-electron chi connectivity index (χ2n) is 6.49. The number of nitrogens with zero attached hydrogens (tertiary/aromatic N) is 1. The van der Waals surface area contributed by atoms with Gasteiger partial charge in [0.05, 0.1) is 11.0 Å². The molecule has 128 valence electrons. The first-order valence-electron chi connectivity index (χ1n) is 8.94. The van der Waals surface area contributed by atoms with E-state index in [4.69, 9.17) is 0 Å². The van der Waals surface area contributed by atoms with Crippen LogP contribution in [0.4, 0.5) is 0 Å². The van der Waals surface area contributed by atoms with Crippen LogP contribution in [0.5, 0.6) is 0 Å². The van der Waals surface area contributed by atoms with Gasteiger partial charge >= 0.3 is 7.80 Å². The fourth-order valence-corrected chi connectivity index (χ4v) is 5.03. The predicted molar refractivity (Wildman–Crippen MR) is 114 cm³/mol. The quantitative estimate of drug-likeness (QED) is 0.383. The summed E-state index contributed by atoms with van der Waals surface area (Å²) >= 11 is 0. The molecule has 4 aromatic carbocycles. The van der Waals surface area contributed by atoms with E-state index in [1.807, 2.05) is 48.5 Å². The molecule has 0 aliphatic heterocycles. The van der Waals surface area contributed by atoms with E-state index >= 15 is 0 Å². The Morgan fingerprint density at radius 3 is 1.74 bits per heavy atom. The molecule has 0 saturated heterocycles. The fraction of sp³-hybridized carbons (Fsp3) is 0. The number of hydrogen-bond acceptors (Lipinski definition) is 1. The number of rotatable bonds is 3. The molecule has 0 radical (unpaired) electrons. The van der Waals surface area contributed by atoms with E-state index in [9.17, 15) is 4.57 Å². The molecule has 1 atom stereocenters. The zero-order valence-corrected chi connectivity index (χ0v) is 15.5. The van der Waals surface area contributed by atoms with Crippen LogP contribution in [-0.4, -0.2) is 4.57 Å². The van der Waals surface area contributed by atoms with Crippen molar-refractivity contribution in [1.82, 2.24) is 4.57 Å². The van der Waals surface area contributed by atoms with E-state index in [0.29, 0.717) is 0 Å². The molecule has 2 nitrogen and oxygen atoms in total. The molecule has 5 rings (SSSR count). The monoisotopic (exact) mass is 366 g/mol. The Morgan fingerprint density at radius 2 is 1.07 bits per heavy atom. The number of fused-ring (bicyclic) bond motifs is 3. The van der Waals surface area contributed by atoms with Crippen molar-refractivity contribution in [3.05, 3.63) is 103 Å². The molecule has 1 unspecified atom stereocenters. The number of para-hydroxylation sites is 3. The van der Waals surface area contributed by atoms with Crippen molar-refractivity contribution in [2.45, 2.75) is 0 Å². The maximum atomic E-state index is 13.4. The van der Waals surface area contributed by atoms with Crippen molar-refractivity contribution >= 4 is 40.2 Å². The lowest BCUT2D eigenvalue weighted by molar-refractivity contribution is 0.598. The first-order chi connectivity index (χ1) is 13.3. The van der Waals surface area contributed by atoms with Crippen molar-refractivity contribution in [2.75, 3.05) is 0 Å². The van der Waals surface area contributed by atoms with Crippen LogP contribution in [0.1, 0.15) is 0 Å². The van der Waals surface area contributed by atoms with Gasteiger partial charge in [0.1, 0.15) is 5.69 Å². The van der Waals surface area contributed by atoms with Gasteiger partial charge in [-0.25, -0.2) is 0 Å². The molecule has 0 spiro atoms. The summed E-state index contributed by atoms with van der Waals surface area (Å²) in [5, 5.41) is 4.11. The zero-order valence-electron chi connectivity index (χ0n) is 14.6.